The molecule has 0 unspecified atom stereocenters. The average Bonchev–Trinajstić information content (AvgIpc) is 3.12. The topological polar surface area (TPSA) is 97.5 Å². The lowest BCUT2D eigenvalue weighted by Gasteiger charge is -2.21. The number of aliphatic hydroxyl groups excluding tert-OH is 1. The smallest absolute Gasteiger partial charge is 0.227 e. The van der Waals surface area contributed by atoms with E-state index >= 15 is 0 Å². The van der Waals surface area contributed by atoms with Gasteiger partial charge in [-0.3, -0.25) is 4.79 Å². The predicted molar refractivity (Wildman–Crippen MR) is 93.1 cm³/mol. The highest BCUT2D eigenvalue weighted by molar-refractivity contribution is 5.76. The zero-order valence-corrected chi connectivity index (χ0v) is 14.9. The van der Waals surface area contributed by atoms with E-state index in [9.17, 15) is 9.90 Å². The van der Waals surface area contributed by atoms with Crippen LogP contribution in [0.1, 0.15) is 32.6 Å². The summed E-state index contributed by atoms with van der Waals surface area (Å²) in [6.07, 6.45) is 1.45. The van der Waals surface area contributed by atoms with E-state index in [-0.39, 0.29) is 30.9 Å². The van der Waals surface area contributed by atoms with Crippen LogP contribution in [0.3, 0.4) is 0 Å². The number of benzene rings is 1. The normalized spacial score (nSPS) is 13.3. The largest absolute Gasteiger partial charge is 0.496 e. The molecule has 2 aromatic rings. The van der Waals surface area contributed by atoms with Gasteiger partial charge in [-0.05, 0) is 18.1 Å². The van der Waals surface area contributed by atoms with Crippen molar-refractivity contribution >= 4 is 5.91 Å². The molecule has 2 atom stereocenters. The van der Waals surface area contributed by atoms with Gasteiger partial charge >= 0.3 is 0 Å². The fourth-order valence-electron chi connectivity index (χ4n) is 2.45. The van der Waals surface area contributed by atoms with E-state index in [1.165, 1.54) is 0 Å². The number of carbonyl (C=O) groups excluding carboxylic acids is 1. The van der Waals surface area contributed by atoms with Crippen molar-refractivity contribution in [1.29, 1.82) is 0 Å². The number of aromatic nitrogens is 2. The lowest BCUT2D eigenvalue weighted by atomic mass is 10.00. The molecule has 1 heterocycles. The molecule has 0 aliphatic rings. The Morgan fingerprint density at radius 1 is 1.40 bits per heavy atom. The summed E-state index contributed by atoms with van der Waals surface area (Å²) >= 11 is 0. The first-order chi connectivity index (χ1) is 12.1. The molecule has 1 aromatic heterocycles. The third-order valence-electron chi connectivity index (χ3n) is 4.26. The van der Waals surface area contributed by atoms with Gasteiger partial charge in [0.25, 0.3) is 0 Å². The molecular weight excluding hydrogens is 322 g/mol. The third kappa shape index (κ3) is 5.03. The second kappa shape index (κ2) is 9.17. The molecule has 1 amide bonds. The third-order valence-corrected chi connectivity index (χ3v) is 4.26. The van der Waals surface area contributed by atoms with Crippen molar-refractivity contribution in [3.05, 3.63) is 30.2 Å². The molecule has 2 N–H and O–H groups in total. The summed E-state index contributed by atoms with van der Waals surface area (Å²) in [5.41, 5.74) is 0.738. The molecule has 7 heteroatoms. The van der Waals surface area contributed by atoms with Crippen molar-refractivity contribution in [2.24, 2.45) is 5.92 Å². The SMILES string of the molecule is CC[C@H](C)[C@H](CO)NC(=O)CCc1nc(-c2ccccc2OC)no1. The van der Waals surface area contributed by atoms with Gasteiger partial charge in [0.15, 0.2) is 0 Å². The Kier molecular flexibility index (Phi) is 6.94. The molecule has 7 nitrogen and oxygen atoms in total. The number of ether oxygens (including phenoxy) is 1. The predicted octanol–water partition coefficient (Wildman–Crippen LogP) is 2.20. The minimum Gasteiger partial charge on any atom is -0.496 e. The summed E-state index contributed by atoms with van der Waals surface area (Å²) in [6, 6.07) is 7.17. The van der Waals surface area contributed by atoms with E-state index in [1.807, 2.05) is 38.1 Å². The van der Waals surface area contributed by atoms with E-state index in [0.717, 1.165) is 12.0 Å². The minimum absolute atomic E-state index is 0.0702. The fraction of sp³-hybridized carbons (Fsp3) is 0.500. The number of hydrogen-bond acceptors (Lipinski definition) is 6. The van der Waals surface area contributed by atoms with Gasteiger partial charge in [0, 0.05) is 12.8 Å². The van der Waals surface area contributed by atoms with E-state index in [4.69, 9.17) is 9.26 Å². The molecule has 0 bridgehead atoms. The summed E-state index contributed by atoms with van der Waals surface area (Å²) < 4.78 is 10.5. The summed E-state index contributed by atoms with van der Waals surface area (Å²) in [5, 5.41) is 16.2. The summed E-state index contributed by atoms with van der Waals surface area (Å²) in [4.78, 5) is 16.4. The minimum atomic E-state index is -0.232. The van der Waals surface area contributed by atoms with Crippen LogP contribution in [-0.4, -0.2) is 40.9 Å². The highest BCUT2D eigenvalue weighted by atomic mass is 16.5. The first kappa shape index (κ1) is 18.9. The van der Waals surface area contributed by atoms with E-state index < -0.39 is 0 Å². The Morgan fingerprint density at radius 3 is 2.84 bits per heavy atom. The monoisotopic (exact) mass is 347 g/mol. The molecule has 0 radical (unpaired) electrons. The van der Waals surface area contributed by atoms with Gasteiger partial charge in [-0.2, -0.15) is 4.98 Å². The van der Waals surface area contributed by atoms with Crippen molar-refractivity contribution < 1.29 is 19.2 Å². The standard InChI is InChI=1S/C18H25N3O4/c1-4-12(2)14(11-22)19-16(23)9-10-17-20-18(21-25-17)13-7-5-6-8-15(13)24-3/h5-8,12,14,22H,4,9-11H2,1-3H3,(H,19,23)/t12-,14-/m0/s1. The van der Waals surface area contributed by atoms with Crippen LogP contribution in [0.15, 0.2) is 28.8 Å². The van der Waals surface area contributed by atoms with Crippen LogP contribution in [0.2, 0.25) is 0 Å². The van der Waals surface area contributed by atoms with Gasteiger partial charge < -0.3 is 19.7 Å². The van der Waals surface area contributed by atoms with Crippen LogP contribution in [0.25, 0.3) is 11.4 Å². The Labute approximate surface area is 147 Å². The Morgan fingerprint density at radius 2 is 2.16 bits per heavy atom. The van der Waals surface area contributed by atoms with Gasteiger partial charge in [-0.25, -0.2) is 0 Å². The van der Waals surface area contributed by atoms with Gasteiger partial charge in [0.2, 0.25) is 17.6 Å². The number of aryl methyl sites for hydroxylation is 1. The molecule has 0 saturated heterocycles. The molecule has 0 aliphatic heterocycles. The Bertz CT molecular complexity index is 686. The Hall–Kier alpha value is -2.41. The number of para-hydroxylation sites is 1. The molecule has 0 fully saturated rings. The van der Waals surface area contributed by atoms with Crippen LogP contribution in [0.4, 0.5) is 0 Å². The fourth-order valence-corrected chi connectivity index (χ4v) is 2.45. The second-order valence-corrected chi connectivity index (χ2v) is 5.95. The lowest BCUT2D eigenvalue weighted by Crippen LogP contribution is -2.41. The molecule has 2 rings (SSSR count). The number of rotatable bonds is 9. The molecule has 25 heavy (non-hydrogen) atoms. The van der Waals surface area contributed by atoms with Gasteiger partial charge in [-0.15, -0.1) is 0 Å². The number of nitrogens with one attached hydrogen (secondary N) is 1. The average molecular weight is 347 g/mol. The summed E-state index contributed by atoms with van der Waals surface area (Å²) in [5.74, 6) is 1.55. The quantitative estimate of drug-likeness (QED) is 0.722. The molecular formula is C18H25N3O4. The molecule has 0 spiro atoms. The van der Waals surface area contributed by atoms with Crippen LogP contribution >= 0.6 is 0 Å². The summed E-state index contributed by atoms with van der Waals surface area (Å²) in [6.45, 7) is 3.95. The molecule has 0 saturated carbocycles. The van der Waals surface area contributed by atoms with Crippen LogP contribution in [0, 0.1) is 5.92 Å². The zero-order valence-electron chi connectivity index (χ0n) is 14.9. The first-order valence-electron chi connectivity index (χ1n) is 8.45. The molecule has 0 aliphatic carbocycles. The number of amides is 1. The maximum atomic E-state index is 12.1. The zero-order chi connectivity index (χ0) is 18.2. The number of aliphatic hydroxyl groups is 1. The highest BCUT2D eigenvalue weighted by Crippen LogP contribution is 2.27. The highest BCUT2D eigenvalue weighted by Gasteiger charge is 2.18. The first-order valence-corrected chi connectivity index (χ1v) is 8.45. The van der Waals surface area contributed by atoms with Crippen molar-refractivity contribution in [1.82, 2.24) is 15.5 Å². The number of hydrogen-bond donors (Lipinski definition) is 2. The maximum Gasteiger partial charge on any atom is 0.227 e. The molecule has 1 aromatic carbocycles. The van der Waals surface area contributed by atoms with Crippen molar-refractivity contribution in [3.63, 3.8) is 0 Å². The van der Waals surface area contributed by atoms with Crippen LogP contribution in [0.5, 0.6) is 5.75 Å². The van der Waals surface area contributed by atoms with Crippen LogP contribution < -0.4 is 10.1 Å². The second-order valence-electron chi connectivity index (χ2n) is 5.95. The summed E-state index contributed by atoms with van der Waals surface area (Å²) in [7, 11) is 1.58. The van der Waals surface area contributed by atoms with Gasteiger partial charge in [0.1, 0.15) is 5.75 Å². The number of carbonyl (C=O) groups is 1. The lowest BCUT2D eigenvalue weighted by molar-refractivity contribution is -0.122. The van der Waals surface area contributed by atoms with Crippen LogP contribution in [-0.2, 0) is 11.2 Å². The van der Waals surface area contributed by atoms with Gasteiger partial charge in [-0.1, -0.05) is 37.6 Å². The Balaban J connectivity index is 1.94. The van der Waals surface area contributed by atoms with E-state index in [0.29, 0.717) is 23.9 Å². The van der Waals surface area contributed by atoms with Crippen molar-refractivity contribution in [2.75, 3.05) is 13.7 Å². The molecule has 136 valence electrons. The van der Waals surface area contributed by atoms with Crippen molar-refractivity contribution in [2.45, 2.75) is 39.2 Å². The van der Waals surface area contributed by atoms with E-state index in [2.05, 4.69) is 15.5 Å². The maximum absolute atomic E-state index is 12.1. The number of methoxy groups -OCH3 is 1. The van der Waals surface area contributed by atoms with E-state index in [1.54, 1.807) is 7.11 Å². The number of nitrogens with zero attached hydrogens (tertiary/aromatic N) is 2. The van der Waals surface area contributed by atoms with Gasteiger partial charge in [0.05, 0.1) is 25.3 Å². The van der Waals surface area contributed by atoms with Crippen molar-refractivity contribution in [3.8, 4) is 17.1 Å².